The van der Waals surface area contributed by atoms with Gasteiger partial charge in [-0.3, -0.25) is 14.5 Å². The van der Waals surface area contributed by atoms with Crippen LogP contribution >= 0.6 is 11.6 Å². The van der Waals surface area contributed by atoms with E-state index >= 15 is 0 Å². The monoisotopic (exact) mass is 441 g/mol. The number of nitrogens with two attached hydrogens (primary N) is 1. The number of aryl methyl sites for hydroxylation is 1. The summed E-state index contributed by atoms with van der Waals surface area (Å²) >= 11 is 6.34. The maximum absolute atomic E-state index is 12.9. The minimum atomic E-state index is -0.324. The number of hydrogen-bond acceptors (Lipinski definition) is 4. The molecule has 2 aliphatic heterocycles. The van der Waals surface area contributed by atoms with Crippen molar-refractivity contribution in [3.63, 3.8) is 0 Å². The van der Waals surface area contributed by atoms with E-state index in [-0.39, 0.29) is 24.3 Å². The smallest absolute Gasteiger partial charge is 0.253 e. The second kappa shape index (κ2) is 8.89. The Morgan fingerprint density at radius 1 is 1.10 bits per heavy atom. The number of carbonyl (C=O) groups is 2. The third-order valence-corrected chi connectivity index (χ3v) is 6.96. The number of methoxy groups -OCH3 is 1. The van der Waals surface area contributed by atoms with Crippen molar-refractivity contribution < 1.29 is 14.3 Å². The molecule has 0 aromatic heterocycles. The predicted molar refractivity (Wildman–Crippen MR) is 120 cm³/mol. The van der Waals surface area contributed by atoms with Crippen molar-refractivity contribution in [1.82, 2.24) is 9.80 Å². The number of nitrogens with zero attached hydrogens (tertiary/aromatic N) is 2. The molecule has 6 nitrogen and oxygen atoms in total. The van der Waals surface area contributed by atoms with Gasteiger partial charge in [0, 0.05) is 49.2 Å². The van der Waals surface area contributed by atoms with E-state index in [9.17, 15) is 9.59 Å². The Labute approximate surface area is 187 Å². The fourth-order valence-electron chi connectivity index (χ4n) is 4.83. The molecule has 2 fully saturated rings. The molecule has 2 heterocycles. The number of ether oxygens (including phenoxy) is 1. The molecule has 0 saturated carbocycles. The number of rotatable bonds is 6. The summed E-state index contributed by atoms with van der Waals surface area (Å²) in [6.45, 7) is 5.08. The van der Waals surface area contributed by atoms with Crippen LogP contribution < -0.4 is 10.5 Å². The molecule has 0 bridgehead atoms. The number of halogens is 1. The second-order valence-corrected chi connectivity index (χ2v) is 9.01. The highest BCUT2D eigenvalue weighted by Gasteiger charge is 2.44. The average molecular weight is 442 g/mol. The fourth-order valence-corrected chi connectivity index (χ4v) is 5.02. The van der Waals surface area contributed by atoms with Gasteiger partial charge in [-0.15, -0.1) is 0 Å². The van der Waals surface area contributed by atoms with Gasteiger partial charge in [0.1, 0.15) is 5.75 Å². The molecule has 7 heteroatoms. The van der Waals surface area contributed by atoms with Crippen LogP contribution in [0.15, 0.2) is 42.5 Å². The van der Waals surface area contributed by atoms with Crippen LogP contribution in [0, 0.1) is 18.8 Å². The highest BCUT2D eigenvalue weighted by atomic mass is 35.5. The Bertz CT molecular complexity index is 965. The standard InChI is InChI=1S/C24H28ClN3O3/c1-15-3-4-17(9-21(15)25)22(10-23(26)29)27-11-18-13-28(14-19(18)12-27)24(30)16-5-7-20(31-2)8-6-16/h3-9,18-19,22H,10-14H2,1-2H3,(H2,26,29). The van der Waals surface area contributed by atoms with Gasteiger partial charge in [-0.05, 0) is 60.2 Å². The van der Waals surface area contributed by atoms with Crippen molar-refractivity contribution in [3.8, 4) is 5.75 Å². The molecule has 31 heavy (non-hydrogen) atoms. The van der Waals surface area contributed by atoms with Crippen molar-refractivity contribution in [2.75, 3.05) is 33.3 Å². The Hall–Kier alpha value is -2.57. The van der Waals surface area contributed by atoms with Crippen LogP contribution in [-0.4, -0.2) is 54.9 Å². The molecule has 0 spiro atoms. The minimum absolute atomic E-state index is 0.0580. The van der Waals surface area contributed by atoms with Gasteiger partial charge in [0.25, 0.3) is 5.91 Å². The van der Waals surface area contributed by atoms with Crippen molar-refractivity contribution in [1.29, 1.82) is 0 Å². The topological polar surface area (TPSA) is 75.9 Å². The van der Waals surface area contributed by atoms with Gasteiger partial charge in [0.05, 0.1) is 7.11 Å². The lowest BCUT2D eigenvalue weighted by atomic mass is 10.0. The van der Waals surface area contributed by atoms with Gasteiger partial charge in [-0.2, -0.15) is 0 Å². The maximum Gasteiger partial charge on any atom is 0.253 e. The molecule has 3 unspecified atom stereocenters. The summed E-state index contributed by atoms with van der Waals surface area (Å²) in [7, 11) is 1.61. The first-order valence-corrected chi connectivity index (χ1v) is 10.9. The van der Waals surface area contributed by atoms with Crippen LogP contribution in [0.25, 0.3) is 0 Å². The van der Waals surface area contributed by atoms with Crippen molar-refractivity contribution in [2.45, 2.75) is 19.4 Å². The Kier molecular flexibility index (Phi) is 6.21. The molecular formula is C24H28ClN3O3. The molecule has 2 N–H and O–H groups in total. The van der Waals surface area contributed by atoms with E-state index in [0.29, 0.717) is 22.4 Å². The van der Waals surface area contributed by atoms with Gasteiger partial charge in [0.2, 0.25) is 5.91 Å². The van der Waals surface area contributed by atoms with E-state index in [4.69, 9.17) is 22.1 Å². The van der Waals surface area contributed by atoms with E-state index in [1.54, 1.807) is 7.11 Å². The highest BCUT2D eigenvalue weighted by molar-refractivity contribution is 6.31. The van der Waals surface area contributed by atoms with Crippen molar-refractivity contribution in [2.24, 2.45) is 17.6 Å². The number of primary amides is 1. The normalized spacial score (nSPS) is 21.7. The highest BCUT2D eigenvalue weighted by Crippen LogP contribution is 2.38. The quantitative estimate of drug-likeness (QED) is 0.746. The van der Waals surface area contributed by atoms with Crippen molar-refractivity contribution >= 4 is 23.4 Å². The SMILES string of the molecule is COc1ccc(C(=O)N2CC3CN(C(CC(N)=O)c4ccc(C)c(Cl)c4)CC3C2)cc1. The fraction of sp³-hybridized carbons (Fsp3) is 0.417. The van der Waals surface area contributed by atoms with Crippen LogP contribution in [0.2, 0.25) is 5.02 Å². The van der Waals surface area contributed by atoms with Crippen LogP contribution in [0.4, 0.5) is 0 Å². The van der Waals surface area contributed by atoms with Gasteiger partial charge in [-0.25, -0.2) is 0 Å². The Balaban J connectivity index is 1.44. The summed E-state index contributed by atoms with van der Waals surface area (Å²) in [5.74, 6) is 1.25. The molecule has 2 aliphatic rings. The molecular weight excluding hydrogens is 414 g/mol. The summed E-state index contributed by atoms with van der Waals surface area (Å²) in [5.41, 5.74) is 8.27. The molecule has 0 aliphatic carbocycles. The van der Waals surface area contributed by atoms with Crippen LogP contribution in [0.1, 0.15) is 33.9 Å². The number of fused-ring (bicyclic) bond motifs is 1. The third-order valence-electron chi connectivity index (χ3n) is 6.55. The summed E-state index contributed by atoms with van der Waals surface area (Å²) in [4.78, 5) is 29.0. The third kappa shape index (κ3) is 4.55. The van der Waals surface area contributed by atoms with E-state index in [0.717, 1.165) is 43.1 Å². The zero-order valence-corrected chi connectivity index (χ0v) is 18.6. The first-order valence-electron chi connectivity index (χ1n) is 10.6. The lowest BCUT2D eigenvalue weighted by Gasteiger charge is -2.29. The zero-order chi connectivity index (χ0) is 22.1. The summed E-state index contributed by atoms with van der Waals surface area (Å²) in [5, 5.41) is 0.697. The van der Waals surface area contributed by atoms with E-state index in [1.165, 1.54) is 0 Å². The molecule has 4 rings (SSSR count). The predicted octanol–water partition coefficient (Wildman–Crippen LogP) is 3.28. The molecule has 2 saturated heterocycles. The number of carbonyl (C=O) groups excluding carboxylic acids is 2. The number of hydrogen-bond donors (Lipinski definition) is 1. The average Bonchev–Trinajstić information content (AvgIpc) is 3.33. The van der Waals surface area contributed by atoms with Crippen LogP contribution in [0.3, 0.4) is 0 Å². The first-order chi connectivity index (χ1) is 14.9. The summed E-state index contributed by atoms with van der Waals surface area (Å²) in [6, 6.07) is 13.1. The van der Waals surface area contributed by atoms with E-state index in [1.807, 2.05) is 54.3 Å². The summed E-state index contributed by atoms with van der Waals surface area (Å²) in [6.07, 6.45) is 0.257. The lowest BCUT2D eigenvalue weighted by Crippen LogP contribution is -2.36. The molecule has 3 atom stereocenters. The second-order valence-electron chi connectivity index (χ2n) is 8.61. The molecule has 0 radical (unpaired) electrons. The number of amides is 2. The Morgan fingerprint density at radius 3 is 2.29 bits per heavy atom. The molecule has 2 aromatic carbocycles. The number of benzene rings is 2. The van der Waals surface area contributed by atoms with Crippen LogP contribution in [0.5, 0.6) is 5.75 Å². The molecule has 2 aromatic rings. The van der Waals surface area contributed by atoms with Crippen LogP contribution in [-0.2, 0) is 4.79 Å². The first kappa shape index (κ1) is 21.7. The molecule has 164 valence electrons. The largest absolute Gasteiger partial charge is 0.497 e. The number of likely N-dealkylation sites (tertiary alicyclic amines) is 2. The van der Waals surface area contributed by atoms with Gasteiger partial charge in [0.15, 0.2) is 0 Å². The van der Waals surface area contributed by atoms with Gasteiger partial charge < -0.3 is 15.4 Å². The Morgan fingerprint density at radius 2 is 1.74 bits per heavy atom. The minimum Gasteiger partial charge on any atom is -0.497 e. The van der Waals surface area contributed by atoms with E-state index in [2.05, 4.69) is 4.90 Å². The lowest BCUT2D eigenvalue weighted by molar-refractivity contribution is -0.119. The maximum atomic E-state index is 12.9. The van der Waals surface area contributed by atoms with Gasteiger partial charge >= 0.3 is 0 Å². The molecule has 2 amide bonds. The van der Waals surface area contributed by atoms with Crippen molar-refractivity contribution in [3.05, 3.63) is 64.2 Å². The van der Waals surface area contributed by atoms with E-state index < -0.39 is 0 Å². The van der Waals surface area contributed by atoms with Gasteiger partial charge in [-0.1, -0.05) is 23.7 Å². The zero-order valence-electron chi connectivity index (χ0n) is 17.9. The summed E-state index contributed by atoms with van der Waals surface area (Å²) < 4.78 is 5.18.